The molecule has 3 aromatic rings. The Bertz CT molecular complexity index is 1110. The quantitative estimate of drug-likeness (QED) is 0.407. The predicted octanol–water partition coefficient (Wildman–Crippen LogP) is 1.94. The van der Waals surface area contributed by atoms with Crippen LogP contribution in [0, 0.1) is 0 Å². The summed E-state index contributed by atoms with van der Waals surface area (Å²) in [6, 6.07) is 11.2. The van der Waals surface area contributed by atoms with Crippen molar-refractivity contribution in [3.05, 3.63) is 48.0 Å². The molecule has 0 aliphatic carbocycles. The van der Waals surface area contributed by atoms with Crippen molar-refractivity contribution in [2.24, 2.45) is 0 Å². The van der Waals surface area contributed by atoms with E-state index in [0.29, 0.717) is 23.4 Å². The van der Waals surface area contributed by atoms with Crippen LogP contribution in [0.2, 0.25) is 0 Å². The van der Waals surface area contributed by atoms with Gasteiger partial charge < -0.3 is 9.47 Å². The summed E-state index contributed by atoms with van der Waals surface area (Å²) in [5.41, 5.74) is 1.87. The van der Waals surface area contributed by atoms with Gasteiger partial charge in [-0.2, -0.15) is 0 Å². The number of rotatable bonds is 8. The minimum absolute atomic E-state index is 0.0519. The van der Waals surface area contributed by atoms with Crippen LogP contribution in [0.1, 0.15) is 17.3 Å². The lowest BCUT2D eigenvalue weighted by molar-refractivity contribution is 0.0450. The van der Waals surface area contributed by atoms with E-state index in [2.05, 4.69) is 10.3 Å². The Morgan fingerprint density at radius 3 is 2.48 bits per heavy atom. The highest BCUT2D eigenvalue weighted by Crippen LogP contribution is 2.18. The predicted molar refractivity (Wildman–Crippen MR) is 106 cm³/mol. The van der Waals surface area contributed by atoms with E-state index in [1.165, 1.54) is 26.2 Å². The molecule has 3 rings (SSSR count). The fourth-order valence-corrected chi connectivity index (χ4v) is 3.53. The summed E-state index contributed by atoms with van der Waals surface area (Å²) < 4.78 is 37.7. The number of benzene rings is 2. The summed E-state index contributed by atoms with van der Waals surface area (Å²) in [6.45, 7) is 2.85. The van der Waals surface area contributed by atoms with Gasteiger partial charge in [0, 0.05) is 20.6 Å². The normalized spacial score (nSPS) is 11.7. The molecule has 0 radical (unpaired) electrons. The second-order valence-electron chi connectivity index (χ2n) is 6.35. The van der Waals surface area contributed by atoms with E-state index < -0.39 is 16.0 Å². The first-order chi connectivity index (χ1) is 13.8. The van der Waals surface area contributed by atoms with Crippen LogP contribution in [0.4, 0.5) is 0 Å². The molecule has 0 aliphatic heterocycles. The van der Waals surface area contributed by atoms with Gasteiger partial charge in [0.15, 0.2) is 0 Å². The molecule has 0 aliphatic rings. The number of aryl methyl sites for hydroxylation is 1. The van der Waals surface area contributed by atoms with Gasteiger partial charge in [0.1, 0.15) is 24.5 Å². The zero-order valence-electron chi connectivity index (χ0n) is 16.4. The second kappa shape index (κ2) is 8.58. The number of sulfonamides is 1. The third-order valence-electron chi connectivity index (χ3n) is 4.24. The average Bonchev–Trinajstić information content (AvgIpc) is 3.13. The molecule has 0 spiro atoms. The number of nitrogens with zero attached hydrogens (tertiary/aromatic N) is 4. The minimum atomic E-state index is -3.48. The highest BCUT2D eigenvalue weighted by Gasteiger charge is 2.16. The first kappa shape index (κ1) is 20.7. The van der Waals surface area contributed by atoms with E-state index in [1.54, 1.807) is 35.0 Å². The molecule has 0 atom stereocenters. The van der Waals surface area contributed by atoms with E-state index in [9.17, 15) is 13.2 Å². The first-order valence-electron chi connectivity index (χ1n) is 8.98. The van der Waals surface area contributed by atoms with E-state index in [0.717, 1.165) is 9.82 Å². The van der Waals surface area contributed by atoms with Gasteiger partial charge in [-0.3, -0.25) is 0 Å². The van der Waals surface area contributed by atoms with Gasteiger partial charge in [-0.15, -0.1) is 5.10 Å². The molecule has 1 heterocycles. The molecule has 0 N–H and O–H groups in total. The fourth-order valence-electron chi connectivity index (χ4n) is 2.63. The molecule has 2 aromatic carbocycles. The third-order valence-corrected chi connectivity index (χ3v) is 6.07. The van der Waals surface area contributed by atoms with Crippen molar-refractivity contribution in [2.45, 2.75) is 18.4 Å². The molecular weight excluding hydrogens is 396 g/mol. The van der Waals surface area contributed by atoms with Crippen molar-refractivity contribution in [1.82, 2.24) is 19.3 Å². The van der Waals surface area contributed by atoms with Crippen molar-refractivity contribution in [3.8, 4) is 5.75 Å². The van der Waals surface area contributed by atoms with Crippen LogP contribution in [0.3, 0.4) is 0 Å². The van der Waals surface area contributed by atoms with Crippen molar-refractivity contribution in [1.29, 1.82) is 0 Å². The number of hydrogen-bond acceptors (Lipinski definition) is 7. The third kappa shape index (κ3) is 4.54. The van der Waals surface area contributed by atoms with Crippen LogP contribution >= 0.6 is 0 Å². The standard InChI is InChI=1S/C19H22N4O5S/c1-4-23-18-10-5-14(13-17(18)20-21-23)19(24)28-12-11-27-15-6-8-16(9-7-15)29(25,26)22(2)3/h5-10,13H,4,11-12H2,1-3H3. The van der Waals surface area contributed by atoms with Gasteiger partial charge in [-0.05, 0) is 49.4 Å². The Balaban J connectivity index is 1.52. The van der Waals surface area contributed by atoms with Crippen molar-refractivity contribution >= 4 is 27.0 Å². The molecule has 0 unspecified atom stereocenters. The number of esters is 1. The van der Waals surface area contributed by atoms with Crippen LogP contribution in [-0.4, -0.2) is 61.0 Å². The maximum atomic E-state index is 12.2. The number of fused-ring (bicyclic) bond motifs is 1. The Morgan fingerprint density at radius 1 is 1.10 bits per heavy atom. The lowest BCUT2D eigenvalue weighted by Crippen LogP contribution is -2.22. The van der Waals surface area contributed by atoms with Gasteiger partial charge >= 0.3 is 5.97 Å². The Hall–Kier alpha value is -2.98. The molecule has 0 bridgehead atoms. The van der Waals surface area contributed by atoms with Crippen LogP contribution in [-0.2, 0) is 21.3 Å². The summed E-state index contributed by atoms with van der Waals surface area (Å²) in [5, 5.41) is 8.05. The topological polar surface area (TPSA) is 104 Å². The number of ether oxygens (including phenoxy) is 2. The molecule has 154 valence electrons. The van der Waals surface area contributed by atoms with Gasteiger partial charge in [0.2, 0.25) is 10.0 Å². The largest absolute Gasteiger partial charge is 0.490 e. The molecule has 0 saturated heterocycles. The lowest BCUT2D eigenvalue weighted by Gasteiger charge is -2.12. The number of hydrogen-bond donors (Lipinski definition) is 0. The van der Waals surface area contributed by atoms with Gasteiger partial charge in [-0.1, -0.05) is 5.21 Å². The van der Waals surface area contributed by atoms with Crippen molar-refractivity contribution in [2.75, 3.05) is 27.3 Å². The monoisotopic (exact) mass is 418 g/mol. The molecule has 29 heavy (non-hydrogen) atoms. The number of carbonyl (C=O) groups excluding carboxylic acids is 1. The maximum Gasteiger partial charge on any atom is 0.338 e. The molecule has 0 amide bonds. The maximum absolute atomic E-state index is 12.2. The number of aromatic nitrogens is 3. The van der Waals surface area contributed by atoms with Gasteiger partial charge in [-0.25, -0.2) is 22.2 Å². The van der Waals surface area contributed by atoms with E-state index >= 15 is 0 Å². The smallest absolute Gasteiger partial charge is 0.338 e. The fraction of sp³-hybridized carbons (Fsp3) is 0.316. The van der Waals surface area contributed by atoms with Crippen LogP contribution in [0.5, 0.6) is 5.75 Å². The Morgan fingerprint density at radius 2 is 1.83 bits per heavy atom. The van der Waals surface area contributed by atoms with Crippen LogP contribution in [0.15, 0.2) is 47.4 Å². The lowest BCUT2D eigenvalue weighted by atomic mass is 10.2. The van der Waals surface area contributed by atoms with Crippen molar-refractivity contribution in [3.63, 3.8) is 0 Å². The molecule has 0 saturated carbocycles. The summed E-state index contributed by atoms with van der Waals surface area (Å²) in [4.78, 5) is 12.4. The summed E-state index contributed by atoms with van der Waals surface area (Å²) >= 11 is 0. The zero-order valence-corrected chi connectivity index (χ0v) is 17.2. The number of carbonyl (C=O) groups is 1. The molecule has 0 fully saturated rings. The Labute approximate surface area is 168 Å². The van der Waals surface area contributed by atoms with Crippen LogP contribution in [0.25, 0.3) is 11.0 Å². The van der Waals surface area contributed by atoms with E-state index in [1.807, 2.05) is 6.92 Å². The second-order valence-corrected chi connectivity index (χ2v) is 8.50. The summed E-state index contributed by atoms with van der Waals surface area (Å²) in [6.07, 6.45) is 0. The molecule has 9 nitrogen and oxygen atoms in total. The van der Waals surface area contributed by atoms with Gasteiger partial charge in [0.05, 0.1) is 16.0 Å². The highest BCUT2D eigenvalue weighted by molar-refractivity contribution is 7.89. The Kier molecular flexibility index (Phi) is 6.14. The summed E-state index contributed by atoms with van der Waals surface area (Å²) in [7, 11) is -0.539. The summed E-state index contributed by atoms with van der Waals surface area (Å²) in [5.74, 6) is 0.00493. The highest BCUT2D eigenvalue weighted by atomic mass is 32.2. The van der Waals surface area contributed by atoms with Crippen molar-refractivity contribution < 1.29 is 22.7 Å². The van der Waals surface area contributed by atoms with Crippen LogP contribution < -0.4 is 4.74 Å². The molecule has 10 heteroatoms. The average molecular weight is 418 g/mol. The van der Waals surface area contributed by atoms with E-state index in [-0.39, 0.29) is 18.1 Å². The van der Waals surface area contributed by atoms with E-state index in [4.69, 9.17) is 9.47 Å². The molecular formula is C19H22N4O5S. The molecule has 1 aromatic heterocycles. The first-order valence-corrected chi connectivity index (χ1v) is 10.4. The minimum Gasteiger partial charge on any atom is -0.490 e. The zero-order chi connectivity index (χ0) is 21.0. The SMILES string of the molecule is CCn1nnc2cc(C(=O)OCCOc3ccc(S(=O)(=O)N(C)C)cc3)ccc21. The van der Waals surface area contributed by atoms with Gasteiger partial charge in [0.25, 0.3) is 0 Å².